The summed E-state index contributed by atoms with van der Waals surface area (Å²) in [6, 6.07) is 10.4. The monoisotopic (exact) mass is 232 g/mol. The first-order valence-electron chi connectivity index (χ1n) is 5.19. The zero-order valence-corrected chi connectivity index (χ0v) is 10.1. The normalized spacial score (nSPS) is 10.4. The van der Waals surface area contributed by atoms with E-state index in [2.05, 4.69) is 41.4 Å². The molecule has 0 spiro atoms. The van der Waals surface area contributed by atoms with E-state index in [1.807, 2.05) is 13.0 Å². The fourth-order valence-corrected chi connectivity index (χ4v) is 1.74. The van der Waals surface area contributed by atoms with E-state index >= 15 is 0 Å². The van der Waals surface area contributed by atoms with Crippen molar-refractivity contribution in [3.05, 3.63) is 57.9 Å². The number of aryl methyl sites for hydroxylation is 2. The minimum absolute atomic E-state index is 0.452. The fourth-order valence-electron chi connectivity index (χ4n) is 1.57. The van der Waals surface area contributed by atoms with Gasteiger partial charge in [0.15, 0.2) is 5.15 Å². The van der Waals surface area contributed by atoms with Crippen LogP contribution in [0.5, 0.6) is 0 Å². The molecule has 1 aromatic carbocycles. The summed E-state index contributed by atoms with van der Waals surface area (Å²) in [6.07, 6.45) is 0.849. The van der Waals surface area contributed by atoms with Crippen molar-refractivity contribution in [3.8, 4) is 0 Å². The molecule has 0 bridgehead atoms. The molecule has 3 heteroatoms. The van der Waals surface area contributed by atoms with E-state index in [9.17, 15) is 0 Å². The summed E-state index contributed by atoms with van der Waals surface area (Å²) in [5.41, 5.74) is 4.60. The molecule has 0 aliphatic heterocycles. The third-order valence-electron chi connectivity index (χ3n) is 2.57. The topological polar surface area (TPSA) is 25.8 Å². The Morgan fingerprint density at radius 3 is 2.44 bits per heavy atom. The first-order chi connectivity index (χ1) is 7.65. The Morgan fingerprint density at radius 2 is 1.75 bits per heavy atom. The van der Waals surface area contributed by atoms with Crippen LogP contribution in [0, 0.1) is 13.8 Å². The molecule has 0 fully saturated rings. The minimum atomic E-state index is 0.452. The van der Waals surface area contributed by atoms with Crippen molar-refractivity contribution < 1.29 is 0 Å². The predicted octanol–water partition coefficient (Wildman–Crippen LogP) is 3.34. The van der Waals surface area contributed by atoms with Crippen molar-refractivity contribution in [1.29, 1.82) is 0 Å². The lowest BCUT2D eigenvalue weighted by atomic mass is 10.0. The molecule has 2 aromatic rings. The van der Waals surface area contributed by atoms with Gasteiger partial charge in [0.25, 0.3) is 0 Å². The molecule has 0 saturated heterocycles. The van der Waals surface area contributed by atoms with Gasteiger partial charge in [0, 0.05) is 0 Å². The van der Waals surface area contributed by atoms with Crippen molar-refractivity contribution in [2.45, 2.75) is 20.3 Å². The van der Waals surface area contributed by atoms with E-state index < -0.39 is 0 Å². The third kappa shape index (κ3) is 2.58. The zero-order valence-electron chi connectivity index (χ0n) is 9.37. The van der Waals surface area contributed by atoms with E-state index in [0.717, 1.165) is 17.7 Å². The molecule has 2 rings (SSSR count). The highest BCUT2D eigenvalue weighted by molar-refractivity contribution is 6.29. The standard InChI is InChI=1S/C13H13ClN2/c1-9-3-5-11(6-4-9)7-12-8-13(14)16-15-10(12)2/h3-6,8H,7H2,1-2H3. The summed E-state index contributed by atoms with van der Waals surface area (Å²) in [4.78, 5) is 0. The van der Waals surface area contributed by atoms with Gasteiger partial charge in [-0.25, -0.2) is 0 Å². The van der Waals surface area contributed by atoms with Crippen LogP contribution < -0.4 is 0 Å². The molecular weight excluding hydrogens is 220 g/mol. The van der Waals surface area contributed by atoms with Crippen LogP contribution in [0.2, 0.25) is 5.15 Å². The molecule has 1 aromatic heterocycles. The number of hydrogen-bond donors (Lipinski definition) is 0. The predicted molar refractivity (Wildman–Crippen MR) is 65.8 cm³/mol. The Bertz CT molecular complexity index is 492. The van der Waals surface area contributed by atoms with Gasteiger partial charge < -0.3 is 0 Å². The van der Waals surface area contributed by atoms with Crippen molar-refractivity contribution in [2.24, 2.45) is 0 Å². The van der Waals surface area contributed by atoms with Gasteiger partial charge in [-0.3, -0.25) is 0 Å². The van der Waals surface area contributed by atoms with Crippen molar-refractivity contribution in [2.75, 3.05) is 0 Å². The van der Waals surface area contributed by atoms with Crippen molar-refractivity contribution in [1.82, 2.24) is 10.2 Å². The SMILES string of the molecule is Cc1ccc(Cc2cc(Cl)nnc2C)cc1. The maximum atomic E-state index is 5.83. The number of hydrogen-bond acceptors (Lipinski definition) is 2. The van der Waals surface area contributed by atoms with Crippen LogP contribution in [0.1, 0.15) is 22.4 Å². The second-order valence-corrected chi connectivity index (χ2v) is 4.33. The molecule has 82 valence electrons. The average Bonchev–Trinajstić information content (AvgIpc) is 2.27. The van der Waals surface area contributed by atoms with Gasteiger partial charge >= 0.3 is 0 Å². The Kier molecular flexibility index (Phi) is 3.20. The number of benzene rings is 1. The second kappa shape index (κ2) is 4.62. The van der Waals surface area contributed by atoms with Gasteiger partial charge in [-0.05, 0) is 37.5 Å². The highest BCUT2D eigenvalue weighted by Gasteiger charge is 2.03. The molecule has 0 atom stereocenters. The molecule has 0 saturated carbocycles. The lowest BCUT2D eigenvalue weighted by Crippen LogP contribution is -1.97. The fraction of sp³-hybridized carbons (Fsp3) is 0.231. The molecule has 0 N–H and O–H groups in total. The van der Waals surface area contributed by atoms with Crippen molar-refractivity contribution in [3.63, 3.8) is 0 Å². The summed E-state index contributed by atoms with van der Waals surface area (Å²) in [5, 5.41) is 8.27. The summed E-state index contributed by atoms with van der Waals surface area (Å²) in [7, 11) is 0. The summed E-state index contributed by atoms with van der Waals surface area (Å²) < 4.78 is 0. The number of rotatable bonds is 2. The Hall–Kier alpha value is -1.41. The van der Waals surface area contributed by atoms with Crippen molar-refractivity contribution >= 4 is 11.6 Å². The first kappa shape index (κ1) is 11.1. The van der Waals surface area contributed by atoms with Gasteiger partial charge in [0.2, 0.25) is 0 Å². The molecule has 0 radical (unpaired) electrons. The van der Waals surface area contributed by atoms with Crippen LogP contribution in [0.3, 0.4) is 0 Å². The minimum Gasteiger partial charge on any atom is -0.154 e. The smallest absolute Gasteiger partial charge is 0.152 e. The Morgan fingerprint density at radius 1 is 1.06 bits per heavy atom. The van der Waals surface area contributed by atoms with E-state index in [1.54, 1.807) is 0 Å². The average molecular weight is 233 g/mol. The van der Waals surface area contributed by atoms with E-state index in [4.69, 9.17) is 11.6 Å². The Balaban J connectivity index is 2.26. The van der Waals surface area contributed by atoms with Crippen LogP contribution in [-0.4, -0.2) is 10.2 Å². The van der Waals surface area contributed by atoms with Gasteiger partial charge in [0.1, 0.15) is 0 Å². The zero-order chi connectivity index (χ0) is 11.5. The van der Waals surface area contributed by atoms with Crippen LogP contribution >= 0.6 is 11.6 Å². The van der Waals surface area contributed by atoms with Crippen LogP contribution in [0.4, 0.5) is 0 Å². The molecule has 0 aliphatic rings. The summed E-state index contributed by atoms with van der Waals surface area (Å²) >= 11 is 5.83. The molecule has 0 aliphatic carbocycles. The lowest BCUT2D eigenvalue weighted by molar-refractivity contribution is 0.942. The van der Waals surface area contributed by atoms with Gasteiger partial charge in [0.05, 0.1) is 5.69 Å². The maximum absolute atomic E-state index is 5.83. The number of nitrogens with zero attached hydrogens (tertiary/aromatic N) is 2. The molecule has 0 amide bonds. The van der Waals surface area contributed by atoms with Gasteiger partial charge in [-0.15, -0.1) is 5.10 Å². The van der Waals surface area contributed by atoms with Crippen LogP contribution in [0.25, 0.3) is 0 Å². The summed E-state index contributed by atoms with van der Waals surface area (Å²) in [6.45, 7) is 4.03. The maximum Gasteiger partial charge on any atom is 0.152 e. The molecular formula is C13H13ClN2. The molecule has 16 heavy (non-hydrogen) atoms. The van der Waals surface area contributed by atoms with E-state index in [0.29, 0.717) is 5.15 Å². The van der Waals surface area contributed by atoms with Gasteiger partial charge in [-0.2, -0.15) is 5.10 Å². The molecule has 1 heterocycles. The van der Waals surface area contributed by atoms with Crippen LogP contribution in [-0.2, 0) is 6.42 Å². The number of halogens is 1. The highest BCUT2D eigenvalue weighted by Crippen LogP contribution is 2.15. The van der Waals surface area contributed by atoms with E-state index in [1.165, 1.54) is 11.1 Å². The lowest BCUT2D eigenvalue weighted by Gasteiger charge is -2.05. The first-order valence-corrected chi connectivity index (χ1v) is 5.57. The molecule has 0 unspecified atom stereocenters. The number of aromatic nitrogens is 2. The summed E-state index contributed by atoms with van der Waals surface area (Å²) in [5.74, 6) is 0. The van der Waals surface area contributed by atoms with E-state index in [-0.39, 0.29) is 0 Å². The Labute approximate surface area is 100 Å². The highest BCUT2D eigenvalue weighted by atomic mass is 35.5. The largest absolute Gasteiger partial charge is 0.154 e. The third-order valence-corrected chi connectivity index (χ3v) is 2.75. The van der Waals surface area contributed by atoms with Crippen LogP contribution in [0.15, 0.2) is 30.3 Å². The molecule has 2 nitrogen and oxygen atoms in total. The van der Waals surface area contributed by atoms with Gasteiger partial charge in [-0.1, -0.05) is 41.4 Å². The second-order valence-electron chi connectivity index (χ2n) is 3.94. The quantitative estimate of drug-likeness (QED) is 0.794.